The maximum atomic E-state index is 10.2. The molecule has 0 aromatic rings. The van der Waals surface area contributed by atoms with Gasteiger partial charge in [-0.1, -0.05) is 13.8 Å². The molecule has 3 nitrogen and oxygen atoms in total. The van der Waals surface area contributed by atoms with E-state index in [1.807, 2.05) is 0 Å². The fraction of sp³-hybridized carbons (Fsp3) is 1.00. The number of hydrogen-bond donors (Lipinski definition) is 2. The molecule has 1 heterocycles. The molecule has 3 atom stereocenters. The normalized spacial score (nSPS) is 42.2. The van der Waals surface area contributed by atoms with Crippen LogP contribution >= 0.6 is 0 Å². The molecule has 0 radical (unpaired) electrons. The van der Waals surface area contributed by atoms with Gasteiger partial charge in [0.05, 0.1) is 11.7 Å². The topological polar surface area (TPSA) is 41.5 Å². The van der Waals surface area contributed by atoms with E-state index in [0.29, 0.717) is 18.1 Å². The maximum Gasteiger partial charge on any atom is 0.0771 e. The van der Waals surface area contributed by atoms with Crippen LogP contribution in [-0.2, 0) is 4.74 Å². The van der Waals surface area contributed by atoms with Crippen molar-refractivity contribution < 1.29 is 9.84 Å². The second-order valence-electron chi connectivity index (χ2n) is 6.86. The lowest BCUT2D eigenvalue weighted by molar-refractivity contribution is -0.196. The standard InChI is InChI=1S/C14H25NO2/c1-13(2)11(10-5-3-8-17-12(10)13)15-9-14(16)6-4-7-14/h10-12,15-16H,3-9H2,1-2H3. The molecule has 0 aromatic carbocycles. The summed E-state index contributed by atoms with van der Waals surface area (Å²) in [4.78, 5) is 0. The fourth-order valence-corrected chi connectivity index (χ4v) is 4.00. The van der Waals surface area contributed by atoms with E-state index in [-0.39, 0.29) is 5.41 Å². The number of fused-ring (bicyclic) bond motifs is 1. The third kappa shape index (κ3) is 1.83. The van der Waals surface area contributed by atoms with Gasteiger partial charge in [-0.3, -0.25) is 0 Å². The molecule has 0 aromatic heterocycles. The van der Waals surface area contributed by atoms with Crippen molar-refractivity contribution in [3.8, 4) is 0 Å². The average molecular weight is 239 g/mol. The van der Waals surface area contributed by atoms with Gasteiger partial charge in [0.2, 0.25) is 0 Å². The predicted octanol–water partition coefficient (Wildman–Crippen LogP) is 1.69. The SMILES string of the molecule is CC1(C)C(NCC2(O)CCC2)C2CCCOC21. The molecule has 3 fully saturated rings. The van der Waals surface area contributed by atoms with Crippen molar-refractivity contribution >= 4 is 0 Å². The number of ether oxygens (including phenoxy) is 1. The van der Waals surface area contributed by atoms with Gasteiger partial charge in [-0.15, -0.1) is 0 Å². The molecule has 1 aliphatic heterocycles. The second-order valence-corrected chi connectivity index (χ2v) is 6.86. The Kier molecular flexibility index (Phi) is 2.77. The van der Waals surface area contributed by atoms with Crippen molar-refractivity contribution in [1.82, 2.24) is 5.32 Å². The zero-order valence-electron chi connectivity index (χ0n) is 11.0. The lowest BCUT2D eigenvalue weighted by Crippen LogP contribution is -2.70. The van der Waals surface area contributed by atoms with Gasteiger partial charge in [0.15, 0.2) is 0 Å². The highest BCUT2D eigenvalue weighted by Gasteiger charge is 2.58. The molecule has 3 heteroatoms. The second kappa shape index (κ2) is 3.94. The first kappa shape index (κ1) is 11.9. The molecular formula is C14H25NO2. The maximum absolute atomic E-state index is 10.2. The van der Waals surface area contributed by atoms with E-state index in [2.05, 4.69) is 19.2 Å². The number of rotatable bonds is 3. The van der Waals surface area contributed by atoms with Crippen LogP contribution in [0.4, 0.5) is 0 Å². The summed E-state index contributed by atoms with van der Waals surface area (Å²) in [6.07, 6.45) is 6.03. The molecule has 3 aliphatic rings. The van der Waals surface area contributed by atoms with Gasteiger partial charge in [-0.05, 0) is 32.1 Å². The first-order valence-electron chi connectivity index (χ1n) is 7.10. The Morgan fingerprint density at radius 2 is 2.06 bits per heavy atom. The smallest absolute Gasteiger partial charge is 0.0771 e. The third-order valence-corrected chi connectivity index (χ3v) is 5.27. The van der Waals surface area contributed by atoms with Crippen molar-refractivity contribution in [3.05, 3.63) is 0 Å². The summed E-state index contributed by atoms with van der Waals surface area (Å²) in [5.41, 5.74) is -0.179. The van der Waals surface area contributed by atoms with Gasteiger partial charge in [0.25, 0.3) is 0 Å². The molecule has 2 N–H and O–H groups in total. The molecule has 0 bridgehead atoms. The van der Waals surface area contributed by atoms with Crippen LogP contribution in [0.2, 0.25) is 0 Å². The Bertz CT molecular complexity index is 299. The van der Waals surface area contributed by atoms with Gasteiger partial charge in [-0.25, -0.2) is 0 Å². The molecular weight excluding hydrogens is 214 g/mol. The van der Waals surface area contributed by atoms with Crippen molar-refractivity contribution in [2.75, 3.05) is 13.2 Å². The quantitative estimate of drug-likeness (QED) is 0.787. The van der Waals surface area contributed by atoms with Gasteiger partial charge in [-0.2, -0.15) is 0 Å². The van der Waals surface area contributed by atoms with Gasteiger partial charge >= 0.3 is 0 Å². The zero-order chi connectivity index (χ0) is 12.1. The first-order valence-corrected chi connectivity index (χ1v) is 7.10. The Balaban J connectivity index is 1.59. The third-order valence-electron chi connectivity index (χ3n) is 5.27. The Morgan fingerprint density at radius 1 is 1.29 bits per heavy atom. The molecule has 2 saturated carbocycles. The molecule has 3 rings (SSSR count). The minimum Gasteiger partial charge on any atom is -0.389 e. The van der Waals surface area contributed by atoms with Crippen LogP contribution in [0.1, 0.15) is 46.0 Å². The molecule has 0 amide bonds. The summed E-state index contributed by atoms with van der Waals surface area (Å²) >= 11 is 0. The highest BCUT2D eigenvalue weighted by Crippen LogP contribution is 2.51. The minimum atomic E-state index is -0.406. The van der Waals surface area contributed by atoms with Crippen LogP contribution in [0.5, 0.6) is 0 Å². The first-order chi connectivity index (χ1) is 8.03. The van der Waals surface area contributed by atoms with Crippen LogP contribution < -0.4 is 5.32 Å². The number of hydrogen-bond acceptors (Lipinski definition) is 3. The van der Waals surface area contributed by atoms with Gasteiger partial charge in [0.1, 0.15) is 0 Å². The Labute approximate surface area is 104 Å². The fourth-order valence-electron chi connectivity index (χ4n) is 4.00. The molecule has 2 aliphatic carbocycles. The van der Waals surface area contributed by atoms with E-state index in [9.17, 15) is 5.11 Å². The summed E-state index contributed by atoms with van der Waals surface area (Å²) in [5, 5.41) is 13.8. The van der Waals surface area contributed by atoms with Crippen LogP contribution in [-0.4, -0.2) is 36.0 Å². The monoisotopic (exact) mass is 239 g/mol. The van der Waals surface area contributed by atoms with E-state index in [1.165, 1.54) is 19.3 Å². The Morgan fingerprint density at radius 3 is 2.71 bits per heavy atom. The molecule has 1 saturated heterocycles. The predicted molar refractivity (Wildman–Crippen MR) is 66.8 cm³/mol. The summed E-state index contributed by atoms with van der Waals surface area (Å²) in [6, 6.07) is 0.525. The molecule has 17 heavy (non-hydrogen) atoms. The van der Waals surface area contributed by atoms with Crippen LogP contribution in [0, 0.1) is 11.3 Å². The van der Waals surface area contributed by atoms with Crippen LogP contribution in [0.15, 0.2) is 0 Å². The van der Waals surface area contributed by atoms with Crippen molar-refractivity contribution in [3.63, 3.8) is 0 Å². The van der Waals surface area contributed by atoms with Gasteiger partial charge in [0, 0.05) is 30.5 Å². The lowest BCUT2D eigenvalue weighted by Gasteiger charge is -2.60. The van der Waals surface area contributed by atoms with Crippen molar-refractivity contribution in [2.45, 2.75) is 63.7 Å². The van der Waals surface area contributed by atoms with E-state index < -0.39 is 5.60 Å². The Hall–Kier alpha value is -0.120. The minimum absolute atomic E-state index is 0.227. The summed E-state index contributed by atoms with van der Waals surface area (Å²) < 4.78 is 5.89. The molecule has 0 spiro atoms. The average Bonchev–Trinajstić information content (AvgIpc) is 2.27. The largest absolute Gasteiger partial charge is 0.389 e. The van der Waals surface area contributed by atoms with E-state index >= 15 is 0 Å². The van der Waals surface area contributed by atoms with Gasteiger partial charge < -0.3 is 15.2 Å². The number of aliphatic hydroxyl groups is 1. The lowest BCUT2D eigenvalue weighted by atomic mass is 9.55. The molecule has 3 unspecified atom stereocenters. The number of nitrogens with one attached hydrogen (secondary N) is 1. The van der Waals surface area contributed by atoms with Crippen LogP contribution in [0.25, 0.3) is 0 Å². The zero-order valence-corrected chi connectivity index (χ0v) is 11.0. The van der Waals surface area contributed by atoms with E-state index in [4.69, 9.17) is 4.74 Å². The van der Waals surface area contributed by atoms with Crippen LogP contribution in [0.3, 0.4) is 0 Å². The highest BCUT2D eigenvalue weighted by molar-refractivity contribution is 5.11. The summed E-state index contributed by atoms with van der Waals surface area (Å²) in [6.45, 7) is 6.29. The molecule has 98 valence electrons. The highest BCUT2D eigenvalue weighted by atomic mass is 16.5. The van der Waals surface area contributed by atoms with Crippen molar-refractivity contribution in [1.29, 1.82) is 0 Å². The van der Waals surface area contributed by atoms with E-state index in [0.717, 1.165) is 26.0 Å². The summed E-state index contributed by atoms with van der Waals surface area (Å²) in [7, 11) is 0. The van der Waals surface area contributed by atoms with Crippen molar-refractivity contribution in [2.24, 2.45) is 11.3 Å². The van der Waals surface area contributed by atoms with E-state index in [1.54, 1.807) is 0 Å². The summed E-state index contributed by atoms with van der Waals surface area (Å²) in [5.74, 6) is 0.669.